The molecule has 2 aromatic carbocycles. The lowest BCUT2D eigenvalue weighted by atomic mass is 10.1. The summed E-state index contributed by atoms with van der Waals surface area (Å²) in [7, 11) is 0. The average molecular weight is 337 g/mol. The number of anilines is 2. The molecule has 25 heavy (non-hydrogen) atoms. The number of hydrogen-bond acceptors (Lipinski definition) is 3. The molecule has 0 heterocycles. The van der Waals surface area contributed by atoms with Gasteiger partial charge in [0, 0.05) is 29.4 Å². The Labute approximate surface area is 147 Å². The summed E-state index contributed by atoms with van der Waals surface area (Å²) < 4.78 is 0. The van der Waals surface area contributed by atoms with Crippen molar-refractivity contribution in [2.24, 2.45) is 0 Å². The van der Waals surface area contributed by atoms with Crippen molar-refractivity contribution in [2.75, 3.05) is 11.1 Å². The molecule has 1 aliphatic carbocycles. The summed E-state index contributed by atoms with van der Waals surface area (Å²) in [5.74, 6) is -0.179. The maximum absolute atomic E-state index is 12.3. The van der Waals surface area contributed by atoms with Gasteiger partial charge in [0.1, 0.15) is 0 Å². The van der Waals surface area contributed by atoms with Crippen LogP contribution in [0.3, 0.4) is 0 Å². The number of carbonyl (C=O) groups excluding carboxylic acids is 2. The predicted molar refractivity (Wildman–Crippen MR) is 99.5 cm³/mol. The molecule has 5 nitrogen and oxygen atoms in total. The summed E-state index contributed by atoms with van der Waals surface area (Å²) in [6, 6.07) is 13.2. The number of nitrogen functional groups attached to an aromatic ring is 1. The lowest BCUT2D eigenvalue weighted by Gasteiger charge is -2.11. The van der Waals surface area contributed by atoms with Gasteiger partial charge >= 0.3 is 0 Å². The molecular weight excluding hydrogens is 314 g/mol. The molecular formula is C20H23N3O2. The largest absolute Gasteiger partial charge is 0.399 e. The monoisotopic (exact) mass is 337 g/mol. The third-order valence-corrected chi connectivity index (χ3v) is 4.36. The van der Waals surface area contributed by atoms with Crippen molar-refractivity contribution in [3.05, 3.63) is 59.2 Å². The van der Waals surface area contributed by atoms with Gasteiger partial charge in [-0.1, -0.05) is 24.3 Å². The first-order valence-corrected chi connectivity index (χ1v) is 8.57. The van der Waals surface area contributed by atoms with E-state index in [1.54, 1.807) is 12.1 Å². The highest BCUT2D eigenvalue weighted by molar-refractivity contribution is 5.98. The summed E-state index contributed by atoms with van der Waals surface area (Å²) >= 11 is 0. The smallest absolute Gasteiger partial charge is 0.251 e. The van der Waals surface area contributed by atoms with Crippen molar-refractivity contribution < 1.29 is 9.59 Å². The predicted octanol–water partition coefficient (Wildman–Crippen LogP) is 3.04. The fourth-order valence-electron chi connectivity index (χ4n) is 2.62. The van der Waals surface area contributed by atoms with E-state index in [2.05, 4.69) is 10.6 Å². The zero-order valence-electron chi connectivity index (χ0n) is 14.3. The van der Waals surface area contributed by atoms with Gasteiger partial charge in [-0.15, -0.1) is 0 Å². The topological polar surface area (TPSA) is 84.2 Å². The first kappa shape index (κ1) is 17.0. The van der Waals surface area contributed by atoms with Crippen LogP contribution in [-0.4, -0.2) is 17.9 Å². The highest BCUT2D eigenvalue weighted by atomic mass is 16.2. The lowest BCUT2D eigenvalue weighted by molar-refractivity contribution is -0.116. The number of amides is 2. The van der Waals surface area contributed by atoms with Gasteiger partial charge in [0.2, 0.25) is 5.91 Å². The van der Waals surface area contributed by atoms with E-state index in [0.29, 0.717) is 35.8 Å². The van der Waals surface area contributed by atoms with Crippen LogP contribution < -0.4 is 16.4 Å². The molecule has 0 aliphatic heterocycles. The Morgan fingerprint density at radius 2 is 1.92 bits per heavy atom. The highest BCUT2D eigenvalue weighted by Gasteiger charge is 2.24. The van der Waals surface area contributed by atoms with Crippen molar-refractivity contribution >= 4 is 23.2 Å². The molecule has 1 saturated carbocycles. The number of nitrogens with two attached hydrogens (primary N) is 1. The van der Waals surface area contributed by atoms with E-state index in [1.807, 2.05) is 37.3 Å². The molecule has 4 N–H and O–H groups in total. The summed E-state index contributed by atoms with van der Waals surface area (Å²) in [6.45, 7) is 1.91. The molecule has 0 unspecified atom stereocenters. The second-order valence-corrected chi connectivity index (χ2v) is 6.52. The molecule has 2 aromatic rings. The van der Waals surface area contributed by atoms with Gasteiger partial charge in [0.15, 0.2) is 0 Å². The number of hydrogen-bond donors (Lipinski definition) is 3. The van der Waals surface area contributed by atoms with E-state index in [4.69, 9.17) is 5.73 Å². The van der Waals surface area contributed by atoms with Crippen LogP contribution >= 0.6 is 0 Å². The van der Waals surface area contributed by atoms with E-state index in [9.17, 15) is 9.59 Å². The van der Waals surface area contributed by atoms with Gasteiger partial charge in [-0.2, -0.15) is 0 Å². The summed E-state index contributed by atoms with van der Waals surface area (Å²) in [4.78, 5) is 24.4. The average Bonchev–Trinajstić information content (AvgIpc) is 3.40. The number of nitrogens with one attached hydrogen (secondary N) is 2. The number of carbonyl (C=O) groups is 2. The fraction of sp³-hybridized carbons (Fsp3) is 0.300. The Morgan fingerprint density at radius 1 is 1.16 bits per heavy atom. The van der Waals surface area contributed by atoms with Gasteiger partial charge in [-0.05, 0) is 55.5 Å². The molecule has 0 atom stereocenters. The molecule has 2 amide bonds. The molecule has 0 bridgehead atoms. The number of rotatable bonds is 6. The first-order chi connectivity index (χ1) is 12.0. The molecule has 1 aliphatic rings. The van der Waals surface area contributed by atoms with Crippen molar-refractivity contribution in [3.63, 3.8) is 0 Å². The summed E-state index contributed by atoms with van der Waals surface area (Å²) in [5.41, 5.74) is 9.74. The third kappa shape index (κ3) is 4.59. The zero-order chi connectivity index (χ0) is 17.8. The van der Waals surface area contributed by atoms with Crippen molar-refractivity contribution in [1.82, 2.24) is 5.32 Å². The Morgan fingerprint density at radius 3 is 2.64 bits per heavy atom. The molecule has 130 valence electrons. The fourth-order valence-corrected chi connectivity index (χ4v) is 2.62. The van der Waals surface area contributed by atoms with E-state index >= 15 is 0 Å². The van der Waals surface area contributed by atoms with Crippen LogP contribution in [-0.2, 0) is 11.2 Å². The van der Waals surface area contributed by atoms with Crippen LogP contribution in [0.5, 0.6) is 0 Å². The second-order valence-electron chi connectivity index (χ2n) is 6.52. The van der Waals surface area contributed by atoms with Crippen LogP contribution in [0, 0.1) is 6.92 Å². The zero-order valence-corrected chi connectivity index (χ0v) is 14.3. The van der Waals surface area contributed by atoms with Gasteiger partial charge in [-0.25, -0.2) is 0 Å². The standard InChI is InChI=1S/C20H23N3O2/c1-13-6-7-15(20(25)22-16-9-10-16)12-18(13)23-19(24)11-8-14-4-2-3-5-17(14)21/h2-7,12,16H,8-11,21H2,1H3,(H,22,25)(H,23,24). The molecule has 5 heteroatoms. The van der Waals surface area contributed by atoms with Crippen LogP contribution in [0.25, 0.3) is 0 Å². The second kappa shape index (κ2) is 7.38. The Bertz CT molecular complexity index is 797. The van der Waals surface area contributed by atoms with Gasteiger partial charge in [0.25, 0.3) is 5.91 Å². The quantitative estimate of drug-likeness (QED) is 0.708. The maximum Gasteiger partial charge on any atom is 0.251 e. The van der Waals surface area contributed by atoms with Gasteiger partial charge < -0.3 is 16.4 Å². The highest BCUT2D eigenvalue weighted by Crippen LogP contribution is 2.22. The minimum atomic E-state index is -0.0916. The number of para-hydroxylation sites is 1. The first-order valence-electron chi connectivity index (χ1n) is 8.57. The van der Waals surface area contributed by atoms with Crippen molar-refractivity contribution in [2.45, 2.75) is 38.6 Å². The molecule has 1 fully saturated rings. The lowest BCUT2D eigenvalue weighted by Crippen LogP contribution is -2.25. The Balaban J connectivity index is 1.62. The van der Waals surface area contributed by atoms with E-state index in [0.717, 1.165) is 24.0 Å². The SMILES string of the molecule is Cc1ccc(C(=O)NC2CC2)cc1NC(=O)CCc1ccccc1N. The van der Waals surface area contributed by atoms with E-state index in [-0.39, 0.29) is 11.8 Å². The molecule has 0 aromatic heterocycles. The van der Waals surface area contributed by atoms with Gasteiger partial charge in [0.05, 0.1) is 0 Å². The minimum absolute atomic E-state index is 0.0879. The normalized spacial score (nSPS) is 13.3. The van der Waals surface area contributed by atoms with Gasteiger partial charge in [-0.3, -0.25) is 9.59 Å². The van der Waals surface area contributed by atoms with E-state index in [1.165, 1.54) is 0 Å². The van der Waals surface area contributed by atoms with Crippen molar-refractivity contribution in [1.29, 1.82) is 0 Å². The molecule has 0 saturated heterocycles. The summed E-state index contributed by atoms with van der Waals surface area (Å²) in [6.07, 6.45) is 3.01. The summed E-state index contributed by atoms with van der Waals surface area (Å²) in [5, 5.41) is 5.86. The van der Waals surface area contributed by atoms with Crippen LogP contribution in [0.4, 0.5) is 11.4 Å². The Hall–Kier alpha value is -2.82. The van der Waals surface area contributed by atoms with Crippen molar-refractivity contribution in [3.8, 4) is 0 Å². The molecule has 0 radical (unpaired) electrons. The number of aryl methyl sites for hydroxylation is 2. The minimum Gasteiger partial charge on any atom is -0.399 e. The van der Waals surface area contributed by atoms with Crippen LogP contribution in [0.15, 0.2) is 42.5 Å². The third-order valence-electron chi connectivity index (χ3n) is 4.36. The molecule has 0 spiro atoms. The van der Waals surface area contributed by atoms with Crippen LogP contribution in [0.2, 0.25) is 0 Å². The molecule has 3 rings (SSSR count). The Kier molecular flexibility index (Phi) is 5.03. The maximum atomic E-state index is 12.3. The number of benzene rings is 2. The van der Waals surface area contributed by atoms with Crippen LogP contribution in [0.1, 0.15) is 40.7 Å². The van der Waals surface area contributed by atoms with E-state index < -0.39 is 0 Å².